The van der Waals surface area contributed by atoms with Crippen LogP contribution < -0.4 is 0 Å². The zero-order valence-corrected chi connectivity index (χ0v) is 11.0. The normalized spacial score (nSPS) is 35.9. The third-order valence-corrected chi connectivity index (χ3v) is 5.20. The van der Waals surface area contributed by atoms with E-state index in [-0.39, 0.29) is 11.5 Å². The molecule has 3 atom stereocenters. The lowest BCUT2D eigenvalue weighted by Crippen LogP contribution is -2.24. The first kappa shape index (κ1) is 10.7. The standard InChI is InChI=1S/C13H19NOS/c1-7-4-8(7)12-14-9-5-13(2,3)6-10(15)11(9)16-12/h7-8,10,15H,4-6H2,1-3H3. The molecule has 1 fully saturated rings. The average Bonchev–Trinajstić information content (AvgIpc) is 2.73. The predicted octanol–water partition coefficient (Wildman–Crippen LogP) is 3.27. The van der Waals surface area contributed by atoms with Gasteiger partial charge in [0, 0.05) is 5.92 Å². The Morgan fingerprint density at radius 2 is 2.12 bits per heavy atom. The van der Waals surface area contributed by atoms with Crippen LogP contribution in [0.2, 0.25) is 0 Å². The lowest BCUT2D eigenvalue weighted by molar-refractivity contribution is 0.102. The monoisotopic (exact) mass is 237 g/mol. The van der Waals surface area contributed by atoms with Gasteiger partial charge in [0.15, 0.2) is 0 Å². The van der Waals surface area contributed by atoms with Crippen LogP contribution in [0.1, 0.15) is 61.2 Å². The smallest absolute Gasteiger partial charge is 0.0965 e. The minimum absolute atomic E-state index is 0.201. The number of nitrogens with zero attached hydrogens (tertiary/aromatic N) is 1. The summed E-state index contributed by atoms with van der Waals surface area (Å²) in [5, 5.41) is 11.4. The van der Waals surface area contributed by atoms with E-state index in [9.17, 15) is 5.11 Å². The molecule has 3 unspecified atom stereocenters. The Labute approximate surface area is 101 Å². The molecule has 2 aliphatic carbocycles. The van der Waals surface area contributed by atoms with Gasteiger partial charge in [0.2, 0.25) is 0 Å². The van der Waals surface area contributed by atoms with Crippen LogP contribution in [0.25, 0.3) is 0 Å². The SMILES string of the molecule is CC1CC1c1nc2c(s1)C(O)CC(C)(C)C2. The van der Waals surface area contributed by atoms with Crippen molar-refractivity contribution in [1.82, 2.24) is 4.98 Å². The predicted molar refractivity (Wildman–Crippen MR) is 65.7 cm³/mol. The highest BCUT2D eigenvalue weighted by Crippen LogP contribution is 2.51. The second-order valence-corrected chi connectivity index (χ2v) is 7.31. The third kappa shape index (κ3) is 1.70. The maximum Gasteiger partial charge on any atom is 0.0965 e. The van der Waals surface area contributed by atoms with E-state index in [4.69, 9.17) is 4.98 Å². The highest BCUT2D eigenvalue weighted by Gasteiger charge is 2.40. The first-order valence-electron chi connectivity index (χ1n) is 6.14. The number of aromatic nitrogens is 1. The van der Waals surface area contributed by atoms with Gasteiger partial charge >= 0.3 is 0 Å². The molecule has 0 amide bonds. The summed E-state index contributed by atoms with van der Waals surface area (Å²) < 4.78 is 0. The molecule has 0 aromatic carbocycles. The van der Waals surface area contributed by atoms with Crippen molar-refractivity contribution in [2.75, 3.05) is 0 Å². The van der Waals surface area contributed by atoms with Gasteiger partial charge in [0.1, 0.15) is 0 Å². The minimum atomic E-state index is -0.279. The van der Waals surface area contributed by atoms with Gasteiger partial charge in [-0.2, -0.15) is 0 Å². The van der Waals surface area contributed by atoms with E-state index in [0.717, 1.165) is 23.6 Å². The highest BCUT2D eigenvalue weighted by molar-refractivity contribution is 7.12. The van der Waals surface area contributed by atoms with Crippen molar-refractivity contribution >= 4 is 11.3 Å². The van der Waals surface area contributed by atoms with Crippen molar-refractivity contribution in [1.29, 1.82) is 0 Å². The van der Waals surface area contributed by atoms with Gasteiger partial charge in [-0.15, -0.1) is 11.3 Å². The molecule has 1 saturated carbocycles. The van der Waals surface area contributed by atoms with E-state index in [1.165, 1.54) is 17.1 Å². The lowest BCUT2D eigenvalue weighted by atomic mass is 9.77. The summed E-state index contributed by atoms with van der Waals surface area (Å²) in [4.78, 5) is 5.91. The van der Waals surface area contributed by atoms with Crippen molar-refractivity contribution in [3.8, 4) is 0 Å². The van der Waals surface area contributed by atoms with E-state index >= 15 is 0 Å². The molecular weight excluding hydrogens is 218 g/mol. The van der Waals surface area contributed by atoms with Gasteiger partial charge in [0.05, 0.1) is 21.7 Å². The van der Waals surface area contributed by atoms with E-state index in [0.29, 0.717) is 5.92 Å². The molecule has 16 heavy (non-hydrogen) atoms. The van der Waals surface area contributed by atoms with Gasteiger partial charge in [0.25, 0.3) is 0 Å². The maximum absolute atomic E-state index is 10.1. The van der Waals surface area contributed by atoms with Crippen LogP contribution in [0.15, 0.2) is 0 Å². The molecule has 3 heteroatoms. The molecule has 1 aromatic rings. The zero-order chi connectivity index (χ0) is 11.5. The molecular formula is C13H19NOS. The Bertz CT molecular complexity index is 424. The second-order valence-electron chi connectivity index (χ2n) is 6.24. The Balaban J connectivity index is 1.94. The van der Waals surface area contributed by atoms with E-state index in [2.05, 4.69) is 20.8 Å². The fraction of sp³-hybridized carbons (Fsp3) is 0.769. The number of rotatable bonds is 1. The fourth-order valence-electron chi connectivity index (χ4n) is 2.74. The van der Waals surface area contributed by atoms with Crippen molar-refractivity contribution in [2.45, 2.75) is 52.1 Å². The molecule has 1 N–H and O–H groups in total. The first-order valence-corrected chi connectivity index (χ1v) is 6.95. The van der Waals surface area contributed by atoms with E-state index < -0.39 is 0 Å². The Hall–Kier alpha value is -0.410. The number of hydrogen-bond acceptors (Lipinski definition) is 3. The van der Waals surface area contributed by atoms with E-state index in [1.807, 2.05) is 0 Å². The Morgan fingerprint density at radius 1 is 1.44 bits per heavy atom. The van der Waals surface area contributed by atoms with Crippen LogP contribution >= 0.6 is 11.3 Å². The zero-order valence-electron chi connectivity index (χ0n) is 10.2. The fourth-order valence-corrected chi connectivity index (χ4v) is 4.05. The van der Waals surface area contributed by atoms with Gasteiger partial charge in [-0.25, -0.2) is 4.98 Å². The summed E-state index contributed by atoms with van der Waals surface area (Å²) in [6, 6.07) is 0. The minimum Gasteiger partial charge on any atom is -0.387 e. The third-order valence-electron chi connectivity index (χ3n) is 3.87. The molecule has 0 bridgehead atoms. The first-order chi connectivity index (χ1) is 7.46. The largest absolute Gasteiger partial charge is 0.387 e. The van der Waals surface area contributed by atoms with Gasteiger partial charge in [-0.3, -0.25) is 0 Å². The highest BCUT2D eigenvalue weighted by atomic mass is 32.1. The molecule has 3 rings (SSSR count). The molecule has 2 nitrogen and oxygen atoms in total. The molecule has 1 aromatic heterocycles. The topological polar surface area (TPSA) is 33.1 Å². The van der Waals surface area contributed by atoms with Crippen molar-refractivity contribution in [3.63, 3.8) is 0 Å². The molecule has 0 aliphatic heterocycles. The summed E-state index contributed by atoms with van der Waals surface area (Å²) in [7, 11) is 0. The number of thiazole rings is 1. The molecule has 0 spiro atoms. The van der Waals surface area contributed by atoms with Crippen LogP contribution in [0.3, 0.4) is 0 Å². The van der Waals surface area contributed by atoms with Crippen molar-refractivity contribution in [3.05, 3.63) is 15.6 Å². The van der Waals surface area contributed by atoms with Crippen molar-refractivity contribution < 1.29 is 5.11 Å². The van der Waals surface area contributed by atoms with Crippen LogP contribution in [0, 0.1) is 11.3 Å². The van der Waals surface area contributed by atoms with Crippen LogP contribution in [0.4, 0.5) is 0 Å². The van der Waals surface area contributed by atoms with Crippen LogP contribution in [-0.2, 0) is 6.42 Å². The summed E-state index contributed by atoms with van der Waals surface area (Å²) in [6.07, 6.45) is 2.91. The van der Waals surface area contributed by atoms with Crippen molar-refractivity contribution in [2.24, 2.45) is 11.3 Å². The number of aliphatic hydroxyl groups is 1. The van der Waals surface area contributed by atoms with Crippen LogP contribution in [-0.4, -0.2) is 10.1 Å². The summed E-state index contributed by atoms with van der Waals surface area (Å²) >= 11 is 1.76. The quantitative estimate of drug-likeness (QED) is 0.813. The number of hydrogen-bond donors (Lipinski definition) is 1. The Kier molecular flexibility index (Phi) is 2.21. The average molecular weight is 237 g/mol. The molecule has 0 saturated heterocycles. The number of aliphatic hydroxyl groups excluding tert-OH is 1. The molecule has 2 aliphatic rings. The maximum atomic E-state index is 10.1. The molecule has 88 valence electrons. The summed E-state index contributed by atoms with van der Waals surface area (Å²) in [5.41, 5.74) is 1.37. The van der Waals surface area contributed by atoms with Gasteiger partial charge in [-0.1, -0.05) is 20.8 Å². The molecule has 1 heterocycles. The van der Waals surface area contributed by atoms with Crippen LogP contribution in [0.5, 0.6) is 0 Å². The molecule has 0 radical (unpaired) electrons. The van der Waals surface area contributed by atoms with E-state index in [1.54, 1.807) is 11.3 Å². The Morgan fingerprint density at radius 3 is 2.75 bits per heavy atom. The summed E-state index contributed by atoms with van der Waals surface area (Å²) in [5.74, 6) is 1.49. The summed E-state index contributed by atoms with van der Waals surface area (Å²) in [6.45, 7) is 6.72. The second kappa shape index (κ2) is 3.30. The number of fused-ring (bicyclic) bond motifs is 1. The van der Waals surface area contributed by atoms with Gasteiger partial charge in [-0.05, 0) is 30.6 Å². The lowest BCUT2D eigenvalue weighted by Gasteiger charge is -2.31. The van der Waals surface area contributed by atoms with Gasteiger partial charge < -0.3 is 5.11 Å².